The summed E-state index contributed by atoms with van der Waals surface area (Å²) in [5.41, 5.74) is 4.24. The highest BCUT2D eigenvalue weighted by molar-refractivity contribution is 5.66. The highest BCUT2D eigenvalue weighted by Crippen LogP contribution is 2.32. The summed E-state index contributed by atoms with van der Waals surface area (Å²) in [5, 5.41) is 16.8. The van der Waals surface area contributed by atoms with Gasteiger partial charge in [0.15, 0.2) is 0 Å². The first kappa shape index (κ1) is 23.0. The Labute approximate surface area is 186 Å². The number of pyridine rings is 1. The molecule has 0 unspecified atom stereocenters. The van der Waals surface area contributed by atoms with Gasteiger partial charge in [-0.3, -0.25) is 4.90 Å². The summed E-state index contributed by atoms with van der Waals surface area (Å²) in [6, 6.07) is 12.9. The van der Waals surface area contributed by atoms with Crippen LogP contribution in [0.1, 0.15) is 28.7 Å². The van der Waals surface area contributed by atoms with Crippen LogP contribution in [0.15, 0.2) is 30.3 Å². The lowest BCUT2D eigenvalue weighted by molar-refractivity contribution is 0.210. The average Bonchev–Trinajstić information content (AvgIpc) is 2.77. The van der Waals surface area contributed by atoms with Crippen LogP contribution in [0.5, 0.6) is 0 Å². The Morgan fingerprint density at radius 1 is 1.13 bits per heavy atom. The predicted octanol–water partition coefficient (Wildman–Crippen LogP) is 2.93. The fourth-order valence-corrected chi connectivity index (χ4v) is 3.94. The van der Waals surface area contributed by atoms with Crippen molar-refractivity contribution in [3.8, 4) is 6.07 Å². The zero-order valence-corrected chi connectivity index (χ0v) is 18.9. The second kappa shape index (κ2) is 11.7. The van der Waals surface area contributed by atoms with Crippen LogP contribution in [-0.2, 0) is 24.2 Å². The van der Waals surface area contributed by atoms with Gasteiger partial charge in [0.25, 0.3) is 0 Å². The fraction of sp³-hybridized carbons (Fsp3) is 0.500. The van der Waals surface area contributed by atoms with Crippen LogP contribution in [0.4, 0.5) is 11.6 Å². The summed E-state index contributed by atoms with van der Waals surface area (Å²) in [5.74, 6) is 1.55. The number of fused-ring (bicyclic) bond motifs is 1. The number of nitrogens with zero attached hydrogens (tertiary/aromatic N) is 4. The van der Waals surface area contributed by atoms with Crippen LogP contribution in [0.3, 0.4) is 0 Å². The minimum atomic E-state index is 0.607. The third-order valence-electron chi connectivity index (χ3n) is 5.51. The maximum atomic E-state index is 9.93. The van der Waals surface area contributed by atoms with Gasteiger partial charge in [0.2, 0.25) is 0 Å². The molecule has 2 N–H and O–H groups in total. The van der Waals surface area contributed by atoms with Gasteiger partial charge in [-0.1, -0.05) is 30.3 Å². The normalized spacial score (nSPS) is 13.6. The maximum absolute atomic E-state index is 9.93. The SMILES string of the molecule is COCCNc1nc(NCCCN(C)C)c(C#N)c2c1CN(Cc1ccccc1)CC2. The van der Waals surface area contributed by atoms with E-state index in [-0.39, 0.29) is 0 Å². The first-order valence-electron chi connectivity index (χ1n) is 11.0. The van der Waals surface area contributed by atoms with E-state index >= 15 is 0 Å². The molecule has 3 rings (SSSR count). The van der Waals surface area contributed by atoms with Crippen molar-refractivity contribution in [2.24, 2.45) is 0 Å². The second-order valence-corrected chi connectivity index (χ2v) is 8.20. The summed E-state index contributed by atoms with van der Waals surface area (Å²) in [7, 11) is 5.83. The molecule has 0 fully saturated rings. The van der Waals surface area contributed by atoms with Crippen LogP contribution >= 0.6 is 0 Å². The molecule has 0 radical (unpaired) electrons. The minimum Gasteiger partial charge on any atom is -0.383 e. The Balaban J connectivity index is 1.83. The zero-order chi connectivity index (χ0) is 22.1. The van der Waals surface area contributed by atoms with E-state index in [1.54, 1.807) is 7.11 Å². The van der Waals surface area contributed by atoms with Gasteiger partial charge in [0.05, 0.1) is 12.2 Å². The summed E-state index contributed by atoms with van der Waals surface area (Å²) < 4.78 is 5.21. The molecule has 1 aliphatic rings. The number of anilines is 2. The Morgan fingerprint density at radius 3 is 2.61 bits per heavy atom. The molecule has 0 atom stereocenters. The maximum Gasteiger partial charge on any atom is 0.146 e. The molecule has 1 aromatic carbocycles. The van der Waals surface area contributed by atoms with E-state index in [0.717, 1.165) is 62.5 Å². The Kier molecular flexibility index (Phi) is 8.65. The summed E-state index contributed by atoms with van der Waals surface area (Å²) in [6.45, 7) is 5.67. The van der Waals surface area contributed by atoms with E-state index in [9.17, 15) is 5.26 Å². The van der Waals surface area contributed by atoms with Gasteiger partial charge in [0, 0.05) is 45.4 Å². The Bertz CT molecular complexity index is 878. The number of hydrogen-bond acceptors (Lipinski definition) is 7. The Hall–Kier alpha value is -2.66. The lowest BCUT2D eigenvalue weighted by atomic mass is 9.95. The number of rotatable bonds is 11. The monoisotopic (exact) mass is 422 g/mol. The molecule has 7 heteroatoms. The molecule has 2 heterocycles. The van der Waals surface area contributed by atoms with Gasteiger partial charge in [0.1, 0.15) is 17.7 Å². The Morgan fingerprint density at radius 2 is 1.90 bits per heavy atom. The van der Waals surface area contributed by atoms with Gasteiger partial charge < -0.3 is 20.3 Å². The zero-order valence-electron chi connectivity index (χ0n) is 18.9. The molecular weight excluding hydrogens is 388 g/mol. The first-order chi connectivity index (χ1) is 15.1. The predicted molar refractivity (Wildman–Crippen MR) is 125 cm³/mol. The summed E-state index contributed by atoms with van der Waals surface area (Å²) in [6.07, 6.45) is 1.84. The molecule has 0 saturated carbocycles. The van der Waals surface area contributed by atoms with E-state index in [1.807, 2.05) is 6.07 Å². The molecule has 7 nitrogen and oxygen atoms in total. The van der Waals surface area contributed by atoms with Gasteiger partial charge in [-0.15, -0.1) is 0 Å². The van der Waals surface area contributed by atoms with E-state index < -0.39 is 0 Å². The third-order valence-corrected chi connectivity index (χ3v) is 5.51. The van der Waals surface area contributed by atoms with Crippen LogP contribution in [0, 0.1) is 11.3 Å². The highest BCUT2D eigenvalue weighted by atomic mass is 16.5. The van der Waals surface area contributed by atoms with Crippen molar-refractivity contribution in [3.05, 3.63) is 52.6 Å². The van der Waals surface area contributed by atoms with Crippen molar-refractivity contribution in [1.82, 2.24) is 14.8 Å². The van der Waals surface area contributed by atoms with Crippen molar-refractivity contribution < 1.29 is 4.74 Å². The molecule has 31 heavy (non-hydrogen) atoms. The number of aromatic nitrogens is 1. The molecule has 0 bridgehead atoms. The molecular formula is C24H34N6O. The number of methoxy groups -OCH3 is 1. The summed E-state index contributed by atoms with van der Waals surface area (Å²) >= 11 is 0. The fourth-order valence-electron chi connectivity index (χ4n) is 3.94. The second-order valence-electron chi connectivity index (χ2n) is 8.20. The highest BCUT2D eigenvalue weighted by Gasteiger charge is 2.25. The van der Waals surface area contributed by atoms with Crippen LogP contribution in [-0.4, -0.2) is 68.8 Å². The van der Waals surface area contributed by atoms with Crippen molar-refractivity contribution in [2.45, 2.75) is 25.9 Å². The molecule has 1 aromatic heterocycles. The van der Waals surface area contributed by atoms with Gasteiger partial charge in [-0.25, -0.2) is 4.98 Å². The molecule has 0 amide bonds. The summed E-state index contributed by atoms with van der Waals surface area (Å²) in [4.78, 5) is 9.43. The number of ether oxygens (including phenoxy) is 1. The van der Waals surface area contributed by atoms with E-state index in [0.29, 0.717) is 24.5 Å². The van der Waals surface area contributed by atoms with Crippen molar-refractivity contribution >= 4 is 11.6 Å². The smallest absolute Gasteiger partial charge is 0.146 e. The van der Waals surface area contributed by atoms with Crippen molar-refractivity contribution in [2.75, 3.05) is 64.6 Å². The van der Waals surface area contributed by atoms with Gasteiger partial charge in [-0.05, 0) is 44.6 Å². The third kappa shape index (κ3) is 6.41. The molecule has 2 aromatic rings. The van der Waals surface area contributed by atoms with Crippen LogP contribution in [0.2, 0.25) is 0 Å². The van der Waals surface area contributed by atoms with E-state index in [2.05, 4.69) is 64.9 Å². The lowest BCUT2D eigenvalue weighted by Gasteiger charge is -2.31. The number of benzene rings is 1. The van der Waals surface area contributed by atoms with E-state index in [1.165, 1.54) is 5.56 Å². The molecule has 0 aliphatic carbocycles. The van der Waals surface area contributed by atoms with Crippen molar-refractivity contribution in [1.29, 1.82) is 5.26 Å². The van der Waals surface area contributed by atoms with Gasteiger partial charge in [-0.2, -0.15) is 5.26 Å². The number of hydrogen-bond donors (Lipinski definition) is 2. The average molecular weight is 423 g/mol. The van der Waals surface area contributed by atoms with E-state index in [4.69, 9.17) is 9.72 Å². The topological polar surface area (TPSA) is 76.5 Å². The number of nitrogens with one attached hydrogen (secondary N) is 2. The molecule has 166 valence electrons. The van der Waals surface area contributed by atoms with Crippen molar-refractivity contribution in [3.63, 3.8) is 0 Å². The van der Waals surface area contributed by atoms with Gasteiger partial charge >= 0.3 is 0 Å². The molecule has 0 spiro atoms. The largest absolute Gasteiger partial charge is 0.383 e. The standard InChI is InChI=1S/C24H34N6O/c1-29(2)13-7-11-26-23-21(16-25)20-10-14-30(17-19-8-5-4-6-9-19)18-22(20)24(28-23)27-12-15-31-3/h4-6,8-9H,7,10-15,17-18H2,1-3H3,(H2,26,27,28). The van der Waals surface area contributed by atoms with Crippen LogP contribution in [0.25, 0.3) is 0 Å². The van der Waals surface area contributed by atoms with Crippen LogP contribution < -0.4 is 10.6 Å². The minimum absolute atomic E-state index is 0.607. The first-order valence-corrected chi connectivity index (χ1v) is 11.0. The lowest BCUT2D eigenvalue weighted by Crippen LogP contribution is -2.32. The molecule has 0 saturated heterocycles. The quantitative estimate of drug-likeness (QED) is 0.539. The number of nitriles is 1. The molecule has 1 aliphatic heterocycles.